The standard InChI is InChI=1S/C15H17NO4/c1-4-16(5-2)14(17)11-9-10-7-6-8-12(19-3)13(10)20-15(11)18/h6-9H,4-5H2,1-3H3. The quantitative estimate of drug-likeness (QED) is 0.803. The van der Waals surface area contributed by atoms with Crippen LogP contribution in [0.4, 0.5) is 0 Å². The molecule has 0 atom stereocenters. The lowest BCUT2D eigenvalue weighted by atomic mass is 10.1. The Kier molecular flexibility index (Phi) is 4.08. The molecule has 0 aliphatic rings. The Morgan fingerprint density at radius 1 is 1.30 bits per heavy atom. The van der Waals surface area contributed by atoms with E-state index in [0.717, 1.165) is 0 Å². The van der Waals surface area contributed by atoms with Gasteiger partial charge in [0, 0.05) is 18.5 Å². The lowest BCUT2D eigenvalue weighted by molar-refractivity contribution is 0.0769. The number of carbonyl (C=O) groups excluding carboxylic acids is 1. The molecule has 0 bridgehead atoms. The van der Waals surface area contributed by atoms with Crippen molar-refractivity contribution >= 4 is 16.9 Å². The van der Waals surface area contributed by atoms with Crippen molar-refractivity contribution in [1.29, 1.82) is 0 Å². The highest BCUT2D eigenvalue weighted by Gasteiger charge is 2.19. The number of methoxy groups -OCH3 is 1. The molecule has 0 aliphatic heterocycles. The summed E-state index contributed by atoms with van der Waals surface area (Å²) in [6.07, 6.45) is 0. The molecule has 2 rings (SSSR count). The molecule has 1 aromatic heterocycles. The second-order valence-corrected chi connectivity index (χ2v) is 4.30. The van der Waals surface area contributed by atoms with Crippen LogP contribution < -0.4 is 10.4 Å². The highest BCUT2D eigenvalue weighted by molar-refractivity contribution is 5.97. The normalized spacial score (nSPS) is 10.6. The molecule has 0 radical (unpaired) electrons. The minimum atomic E-state index is -0.640. The van der Waals surface area contributed by atoms with E-state index >= 15 is 0 Å². The van der Waals surface area contributed by atoms with Gasteiger partial charge in [0.05, 0.1) is 7.11 Å². The smallest absolute Gasteiger partial charge is 0.349 e. The number of amides is 1. The predicted molar refractivity (Wildman–Crippen MR) is 76.3 cm³/mol. The van der Waals surface area contributed by atoms with Gasteiger partial charge >= 0.3 is 5.63 Å². The number of nitrogens with zero attached hydrogens (tertiary/aromatic N) is 1. The van der Waals surface area contributed by atoms with E-state index < -0.39 is 5.63 Å². The maximum atomic E-state index is 12.3. The van der Waals surface area contributed by atoms with Crippen LogP contribution in [0.1, 0.15) is 24.2 Å². The number of para-hydroxylation sites is 1. The predicted octanol–water partition coefficient (Wildman–Crippen LogP) is 2.28. The minimum Gasteiger partial charge on any atom is -0.493 e. The van der Waals surface area contributed by atoms with Crippen LogP contribution in [0.2, 0.25) is 0 Å². The molecule has 0 saturated heterocycles. The zero-order valence-electron chi connectivity index (χ0n) is 11.8. The van der Waals surface area contributed by atoms with Crippen LogP contribution in [-0.4, -0.2) is 31.0 Å². The summed E-state index contributed by atoms with van der Waals surface area (Å²) >= 11 is 0. The van der Waals surface area contributed by atoms with Gasteiger partial charge in [0.1, 0.15) is 5.56 Å². The molecule has 1 aromatic carbocycles. The summed E-state index contributed by atoms with van der Waals surface area (Å²) in [5.74, 6) is 0.162. The first-order valence-electron chi connectivity index (χ1n) is 6.52. The second kappa shape index (κ2) is 5.77. The summed E-state index contributed by atoms with van der Waals surface area (Å²) in [4.78, 5) is 25.9. The number of ether oxygens (including phenoxy) is 1. The van der Waals surface area contributed by atoms with E-state index in [1.165, 1.54) is 7.11 Å². The van der Waals surface area contributed by atoms with Gasteiger partial charge < -0.3 is 14.1 Å². The third-order valence-corrected chi connectivity index (χ3v) is 3.22. The van der Waals surface area contributed by atoms with Gasteiger partial charge in [-0.05, 0) is 26.0 Å². The number of hydrogen-bond acceptors (Lipinski definition) is 4. The van der Waals surface area contributed by atoms with Gasteiger partial charge in [-0.3, -0.25) is 4.79 Å². The highest BCUT2D eigenvalue weighted by atomic mass is 16.5. The number of rotatable bonds is 4. The molecule has 5 nitrogen and oxygen atoms in total. The first-order chi connectivity index (χ1) is 9.62. The Hall–Kier alpha value is -2.30. The third-order valence-electron chi connectivity index (χ3n) is 3.22. The Labute approximate surface area is 116 Å². The maximum absolute atomic E-state index is 12.3. The Bertz CT molecular complexity index is 686. The lowest BCUT2D eigenvalue weighted by Gasteiger charge is -2.17. The van der Waals surface area contributed by atoms with Crippen molar-refractivity contribution in [1.82, 2.24) is 4.90 Å². The van der Waals surface area contributed by atoms with Crippen molar-refractivity contribution in [3.63, 3.8) is 0 Å². The van der Waals surface area contributed by atoms with Gasteiger partial charge in [0.25, 0.3) is 5.91 Å². The summed E-state index contributed by atoms with van der Waals surface area (Å²) in [5, 5.41) is 0.666. The molecule has 0 aliphatic carbocycles. The largest absolute Gasteiger partial charge is 0.493 e. The average Bonchev–Trinajstić information content (AvgIpc) is 2.47. The first kappa shape index (κ1) is 14.1. The molecule has 20 heavy (non-hydrogen) atoms. The molecule has 1 amide bonds. The summed E-state index contributed by atoms with van der Waals surface area (Å²) in [6, 6.07) is 6.83. The number of carbonyl (C=O) groups is 1. The molecule has 0 spiro atoms. The van der Waals surface area contributed by atoms with Crippen LogP contribution in [0.25, 0.3) is 11.0 Å². The molecule has 0 fully saturated rings. The van der Waals surface area contributed by atoms with Crippen LogP contribution in [0.5, 0.6) is 5.75 Å². The van der Waals surface area contributed by atoms with Crippen molar-refractivity contribution in [2.75, 3.05) is 20.2 Å². The van der Waals surface area contributed by atoms with Gasteiger partial charge in [-0.1, -0.05) is 12.1 Å². The number of hydrogen-bond donors (Lipinski definition) is 0. The SMILES string of the molecule is CCN(CC)C(=O)c1cc2cccc(OC)c2oc1=O. The molecule has 0 saturated carbocycles. The van der Waals surface area contributed by atoms with E-state index in [9.17, 15) is 9.59 Å². The van der Waals surface area contributed by atoms with Gasteiger partial charge in [-0.2, -0.15) is 0 Å². The minimum absolute atomic E-state index is 0.0504. The molecule has 2 aromatic rings. The monoisotopic (exact) mass is 275 g/mol. The van der Waals surface area contributed by atoms with Crippen molar-refractivity contribution in [2.24, 2.45) is 0 Å². The van der Waals surface area contributed by atoms with Crippen LogP contribution in [0.3, 0.4) is 0 Å². The molecular formula is C15H17NO4. The zero-order valence-corrected chi connectivity index (χ0v) is 11.8. The molecule has 0 N–H and O–H groups in total. The molecule has 1 heterocycles. The fourth-order valence-electron chi connectivity index (χ4n) is 2.11. The van der Waals surface area contributed by atoms with Crippen molar-refractivity contribution in [2.45, 2.75) is 13.8 Å². The molecular weight excluding hydrogens is 258 g/mol. The van der Waals surface area contributed by atoms with E-state index in [2.05, 4.69) is 0 Å². The fourth-order valence-corrected chi connectivity index (χ4v) is 2.11. The Morgan fingerprint density at radius 3 is 2.60 bits per heavy atom. The lowest BCUT2D eigenvalue weighted by Crippen LogP contribution is -2.33. The van der Waals surface area contributed by atoms with Gasteiger partial charge in [-0.25, -0.2) is 4.79 Å². The van der Waals surface area contributed by atoms with E-state index in [-0.39, 0.29) is 11.5 Å². The maximum Gasteiger partial charge on any atom is 0.349 e. The van der Waals surface area contributed by atoms with Crippen LogP contribution in [0.15, 0.2) is 33.5 Å². The van der Waals surface area contributed by atoms with E-state index in [1.54, 1.807) is 29.2 Å². The first-order valence-corrected chi connectivity index (χ1v) is 6.52. The molecule has 5 heteroatoms. The number of benzene rings is 1. The molecule has 0 unspecified atom stereocenters. The summed E-state index contributed by atoms with van der Waals surface area (Å²) < 4.78 is 10.4. The van der Waals surface area contributed by atoms with Crippen LogP contribution >= 0.6 is 0 Å². The topological polar surface area (TPSA) is 59.8 Å². The van der Waals surface area contributed by atoms with E-state index in [0.29, 0.717) is 29.8 Å². The number of fused-ring (bicyclic) bond motifs is 1. The summed E-state index contributed by atoms with van der Waals surface area (Å²) in [6.45, 7) is 4.83. The zero-order chi connectivity index (χ0) is 14.7. The van der Waals surface area contributed by atoms with E-state index in [1.807, 2.05) is 13.8 Å². The van der Waals surface area contributed by atoms with Gasteiger partial charge in [-0.15, -0.1) is 0 Å². The molecule has 106 valence electrons. The van der Waals surface area contributed by atoms with Crippen LogP contribution in [-0.2, 0) is 0 Å². The summed E-state index contributed by atoms with van der Waals surface area (Å²) in [7, 11) is 1.50. The van der Waals surface area contributed by atoms with Crippen LogP contribution in [0, 0.1) is 0 Å². The average molecular weight is 275 g/mol. The van der Waals surface area contributed by atoms with Crippen molar-refractivity contribution in [3.8, 4) is 5.75 Å². The Balaban J connectivity index is 2.60. The second-order valence-electron chi connectivity index (χ2n) is 4.30. The van der Waals surface area contributed by atoms with Gasteiger partial charge in [0.15, 0.2) is 11.3 Å². The fraction of sp³-hybridized carbons (Fsp3) is 0.333. The highest BCUT2D eigenvalue weighted by Crippen LogP contribution is 2.24. The van der Waals surface area contributed by atoms with E-state index in [4.69, 9.17) is 9.15 Å². The summed E-state index contributed by atoms with van der Waals surface area (Å²) in [5.41, 5.74) is -0.232. The van der Waals surface area contributed by atoms with Gasteiger partial charge in [0.2, 0.25) is 0 Å². The van der Waals surface area contributed by atoms with Crippen molar-refractivity contribution < 1.29 is 13.9 Å². The third kappa shape index (κ3) is 2.39. The van der Waals surface area contributed by atoms with Crippen molar-refractivity contribution in [3.05, 3.63) is 40.2 Å². The Morgan fingerprint density at radius 2 is 2.00 bits per heavy atom.